The van der Waals surface area contributed by atoms with Gasteiger partial charge in [0.25, 0.3) is 0 Å². The highest BCUT2D eigenvalue weighted by molar-refractivity contribution is 7.80. The SMILES string of the molecule is S=C(Cc1cccc(COc2ccccc2)c1)N1CCOCC1. The maximum absolute atomic E-state index is 5.81. The number of thiocarbonyl (C=S) groups is 1. The fourth-order valence-electron chi connectivity index (χ4n) is 2.61. The minimum absolute atomic E-state index is 0.572. The Labute approximate surface area is 142 Å². The summed E-state index contributed by atoms with van der Waals surface area (Å²) in [6.07, 6.45) is 0.800. The molecule has 0 atom stereocenters. The maximum atomic E-state index is 5.81. The number of morpholine rings is 1. The monoisotopic (exact) mass is 327 g/mol. The van der Waals surface area contributed by atoms with E-state index in [1.165, 1.54) is 5.56 Å². The lowest BCUT2D eigenvalue weighted by molar-refractivity contribution is 0.0684. The van der Waals surface area contributed by atoms with Crippen molar-refractivity contribution in [3.05, 3.63) is 65.7 Å². The normalized spacial score (nSPS) is 14.5. The van der Waals surface area contributed by atoms with E-state index in [0.29, 0.717) is 6.61 Å². The summed E-state index contributed by atoms with van der Waals surface area (Å²) < 4.78 is 11.2. The first-order valence-corrected chi connectivity index (χ1v) is 8.33. The van der Waals surface area contributed by atoms with E-state index in [0.717, 1.165) is 49.0 Å². The van der Waals surface area contributed by atoms with Crippen molar-refractivity contribution in [3.8, 4) is 5.75 Å². The number of hydrogen-bond donors (Lipinski definition) is 0. The van der Waals surface area contributed by atoms with Gasteiger partial charge in [-0.1, -0.05) is 54.7 Å². The molecule has 0 bridgehead atoms. The Kier molecular flexibility index (Phi) is 5.61. The van der Waals surface area contributed by atoms with Gasteiger partial charge in [-0.15, -0.1) is 0 Å². The first-order valence-electron chi connectivity index (χ1n) is 7.92. The van der Waals surface area contributed by atoms with Crippen LogP contribution in [0.2, 0.25) is 0 Å². The lowest BCUT2D eigenvalue weighted by atomic mass is 10.1. The van der Waals surface area contributed by atoms with Crippen LogP contribution in [0.5, 0.6) is 5.75 Å². The molecule has 0 spiro atoms. The van der Waals surface area contributed by atoms with Gasteiger partial charge in [0, 0.05) is 19.5 Å². The van der Waals surface area contributed by atoms with Gasteiger partial charge in [0.05, 0.1) is 18.2 Å². The van der Waals surface area contributed by atoms with Crippen molar-refractivity contribution in [1.82, 2.24) is 4.90 Å². The third kappa shape index (κ3) is 4.78. The first kappa shape index (κ1) is 16.0. The Morgan fingerprint density at radius 1 is 1.00 bits per heavy atom. The van der Waals surface area contributed by atoms with E-state index in [9.17, 15) is 0 Å². The van der Waals surface area contributed by atoms with Gasteiger partial charge in [-0.2, -0.15) is 0 Å². The van der Waals surface area contributed by atoms with Crippen LogP contribution in [0.25, 0.3) is 0 Å². The van der Waals surface area contributed by atoms with Crippen molar-refractivity contribution in [3.63, 3.8) is 0 Å². The molecule has 0 amide bonds. The summed E-state index contributed by atoms with van der Waals surface area (Å²) in [6, 6.07) is 18.3. The Morgan fingerprint density at radius 3 is 2.52 bits per heavy atom. The summed E-state index contributed by atoms with van der Waals surface area (Å²) in [5.41, 5.74) is 2.40. The third-order valence-electron chi connectivity index (χ3n) is 3.86. The van der Waals surface area contributed by atoms with Gasteiger partial charge in [-0.25, -0.2) is 0 Å². The van der Waals surface area contributed by atoms with Gasteiger partial charge in [0.2, 0.25) is 0 Å². The molecule has 2 aromatic rings. The smallest absolute Gasteiger partial charge is 0.119 e. The zero-order valence-corrected chi connectivity index (χ0v) is 13.9. The fourth-order valence-corrected chi connectivity index (χ4v) is 2.96. The van der Waals surface area contributed by atoms with Crippen molar-refractivity contribution in [2.45, 2.75) is 13.0 Å². The molecule has 1 heterocycles. The van der Waals surface area contributed by atoms with E-state index in [4.69, 9.17) is 21.7 Å². The number of ether oxygens (including phenoxy) is 2. The predicted molar refractivity (Wildman–Crippen MR) is 95.9 cm³/mol. The van der Waals surface area contributed by atoms with Crippen LogP contribution in [-0.4, -0.2) is 36.2 Å². The van der Waals surface area contributed by atoms with Crippen LogP contribution in [0, 0.1) is 0 Å². The number of rotatable bonds is 5. The molecular weight excluding hydrogens is 306 g/mol. The molecule has 120 valence electrons. The van der Waals surface area contributed by atoms with Crippen LogP contribution in [0.1, 0.15) is 11.1 Å². The topological polar surface area (TPSA) is 21.7 Å². The molecule has 23 heavy (non-hydrogen) atoms. The summed E-state index contributed by atoms with van der Waals surface area (Å²) in [4.78, 5) is 3.24. The number of para-hydroxylation sites is 1. The average molecular weight is 327 g/mol. The summed E-state index contributed by atoms with van der Waals surface area (Å²) in [7, 11) is 0. The Bertz CT molecular complexity index is 639. The van der Waals surface area contributed by atoms with Crippen LogP contribution < -0.4 is 4.74 Å². The lowest BCUT2D eigenvalue weighted by Gasteiger charge is -2.29. The van der Waals surface area contributed by atoms with E-state index in [1.807, 2.05) is 30.3 Å². The lowest BCUT2D eigenvalue weighted by Crippen LogP contribution is -2.40. The minimum atomic E-state index is 0.572. The van der Waals surface area contributed by atoms with E-state index < -0.39 is 0 Å². The van der Waals surface area contributed by atoms with Crippen LogP contribution in [0.15, 0.2) is 54.6 Å². The molecule has 3 rings (SSSR count). The molecule has 1 aliphatic rings. The molecular formula is C19H21NO2S. The van der Waals surface area contributed by atoms with Crippen molar-refractivity contribution >= 4 is 17.2 Å². The van der Waals surface area contributed by atoms with Crippen molar-refractivity contribution < 1.29 is 9.47 Å². The van der Waals surface area contributed by atoms with E-state index >= 15 is 0 Å². The summed E-state index contributed by atoms with van der Waals surface area (Å²) in [5.74, 6) is 0.891. The quantitative estimate of drug-likeness (QED) is 0.784. The molecule has 0 aliphatic carbocycles. The molecule has 0 radical (unpaired) electrons. The van der Waals surface area contributed by atoms with Crippen molar-refractivity contribution in [2.75, 3.05) is 26.3 Å². The molecule has 0 unspecified atom stereocenters. The van der Waals surface area contributed by atoms with E-state index in [2.05, 4.69) is 29.2 Å². The Hall–Kier alpha value is -1.91. The van der Waals surface area contributed by atoms with Gasteiger partial charge in [0.15, 0.2) is 0 Å². The molecule has 2 aromatic carbocycles. The van der Waals surface area contributed by atoms with Crippen LogP contribution >= 0.6 is 12.2 Å². The predicted octanol–water partition coefficient (Wildman–Crippen LogP) is 3.47. The second kappa shape index (κ2) is 8.09. The second-order valence-electron chi connectivity index (χ2n) is 5.59. The average Bonchev–Trinajstić information content (AvgIpc) is 2.62. The summed E-state index contributed by atoms with van der Waals surface area (Å²) in [5, 5.41) is 0. The Balaban J connectivity index is 1.57. The van der Waals surface area contributed by atoms with Crippen molar-refractivity contribution in [2.24, 2.45) is 0 Å². The van der Waals surface area contributed by atoms with Crippen LogP contribution in [-0.2, 0) is 17.8 Å². The summed E-state index contributed by atoms with van der Waals surface area (Å²) >= 11 is 5.58. The standard InChI is InChI=1S/C19H21NO2S/c23-19(20-9-11-21-12-10-20)14-16-5-4-6-17(13-16)15-22-18-7-2-1-3-8-18/h1-8,13H,9-12,14-15H2. The van der Waals surface area contributed by atoms with Gasteiger partial charge in [-0.05, 0) is 23.3 Å². The number of nitrogens with zero attached hydrogens (tertiary/aromatic N) is 1. The number of benzene rings is 2. The van der Waals surface area contributed by atoms with Gasteiger partial charge in [-0.3, -0.25) is 0 Å². The largest absolute Gasteiger partial charge is 0.489 e. The molecule has 0 saturated carbocycles. The first-order chi connectivity index (χ1) is 11.3. The second-order valence-corrected chi connectivity index (χ2v) is 6.06. The fraction of sp³-hybridized carbons (Fsp3) is 0.316. The highest BCUT2D eigenvalue weighted by Crippen LogP contribution is 2.14. The molecule has 3 nitrogen and oxygen atoms in total. The minimum Gasteiger partial charge on any atom is -0.489 e. The van der Waals surface area contributed by atoms with Crippen molar-refractivity contribution in [1.29, 1.82) is 0 Å². The molecule has 1 saturated heterocycles. The van der Waals surface area contributed by atoms with E-state index in [-0.39, 0.29) is 0 Å². The Morgan fingerprint density at radius 2 is 1.74 bits per heavy atom. The molecule has 1 fully saturated rings. The molecule has 4 heteroatoms. The molecule has 0 N–H and O–H groups in total. The van der Waals surface area contributed by atoms with E-state index in [1.54, 1.807) is 0 Å². The highest BCUT2D eigenvalue weighted by Gasteiger charge is 2.13. The van der Waals surface area contributed by atoms with Gasteiger partial charge in [0.1, 0.15) is 12.4 Å². The number of hydrogen-bond acceptors (Lipinski definition) is 3. The van der Waals surface area contributed by atoms with Gasteiger partial charge >= 0.3 is 0 Å². The molecule has 1 aliphatic heterocycles. The highest BCUT2D eigenvalue weighted by atomic mass is 32.1. The maximum Gasteiger partial charge on any atom is 0.119 e. The van der Waals surface area contributed by atoms with Crippen LogP contribution in [0.3, 0.4) is 0 Å². The molecule has 0 aromatic heterocycles. The van der Waals surface area contributed by atoms with Crippen LogP contribution in [0.4, 0.5) is 0 Å². The zero-order valence-electron chi connectivity index (χ0n) is 13.1. The third-order valence-corrected chi connectivity index (χ3v) is 4.26. The zero-order chi connectivity index (χ0) is 15.9. The van der Waals surface area contributed by atoms with Gasteiger partial charge < -0.3 is 14.4 Å². The summed E-state index contributed by atoms with van der Waals surface area (Å²) in [6.45, 7) is 3.91.